The van der Waals surface area contributed by atoms with Gasteiger partial charge in [-0.05, 0) is 25.5 Å². The van der Waals surface area contributed by atoms with E-state index in [-0.39, 0.29) is 6.03 Å². The molecule has 0 aromatic carbocycles. The molecule has 0 aliphatic heterocycles. The molecule has 94 valence electrons. The molecule has 18 heavy (non-hydrogen) atoms. The number of amides is 2. The highest BCUT2D eigenvalue weighted by atomic mass is 32.1. The van der Waals surface area contributed by atoms with Crippen LogP contribution in [0.25, 0.3) is 0 Å². The lowest BCUT2D eigenvalue weighted by Gasteiger charge is -2.04. The van der Waals surface area contributed by atoms with Crippen molar-refractivity contribution in [1.82, 2.24) is 15.3 Å². The molecule has 0 fully saturated rings. The van der Waals surface area contributed by atoms with Crippen LogP contribution in [0, 0.1) is 13.8 Å². The molecule has 2 N–H and O–H groups in total. The second kappa shape index (κ2) is 5.59. The van der Waals surface area contributed by atoms with E-state index in [0.717, 1.165) is 16.1 Å². The number of urea groups is 1. The maximum atomic E-state index is 11.6. The number of hydrogen-bond acceptors (Lipinski definition) is 4. The van der Waals surface area contributed by atoms with Crippen LogP contribution in [0.1, 0.15) is 16.1 Å². The number of nitrogens with zero attached hydrogens (tertiary/aromatic N) is 2. The van der Waals surface area contributed by atoms with Gasteiger partial charge in [0, 0.05) is 23.8 Å². The standard InChI is InChI=1S/C12H14N4OS/c1-8-9(2)18-12(15-8)16-11(17)14-7-10-4-3-5-13-6-10/h3-6H,7H2,1-2H3,(H2,14,15,16,17). The summed E-state index contributed by atoms with van der Waals surface area (Å²) in [5.74, 6) is 0. The molecule has 0 saturated heterocycles. The molecule has 0 aliphatic carbocycles. The Hall–Kier alpha value is -1.95. The quantitative estimate of drug-likeness (QED) is 0.893. The minimum atomic E-state index is -0.257. The first-order chi connectivity index (χ1) is 8.65. The predicted molar refractivity (Wildman–Crippen MR) is 71.7 cm³/mol. The number of carbonyl (C=O) groups is 1. The van der Waals surface area contributed by atoms with Gasteiger partial charge in [-0.2, -0.15) is 0 Å². The van der Waals surface area contributed by atoms with Gasteiger partial charge in [-0.1, -0.05) is 6.07 Å². The van der Waals surface area contributed by atoms with Gasteiger partial charge in [0.2, 0.25) is 0 Å². The largest absolute Gasteiger partial charge is 0.334 e. The average Bonchev–Trinajstić information content (AvgIpc) is 2.67. The van der Waals surface area contributed by atoms with Gasteiger partial charge in [0.1, 0.15) is 0 Å². The fourth-order valence-corrected chi connectivity index (χ4v) is 2.16. The Morgan fingerprint density at radius 1 is 1.44 bits per heavy atom. The predicted octanol–water partition coefficient (Wildman–Crippen LogP) is 2.48. The number of anilines is 1. The highest BCUT2D eigenvalue weighted by Crippen LogP contribution is 2.20. The van der Waals surface area contributed by atoms with Crippen LogP contribution in [0.2, 0.25) is 0 Å². The second-order valence-corrected chi connectivity index (χ2v) is 5.03. The smallest absolute Gasteiger partial charge is 0.321 e. The normalized spacial score (nSPS) is 10.1. The molecule has 2 rings (SSSR count). The second-order valence-electron chi connectivity index (χ2n) is 3.83. The molecule has 0 spiro atoms. The first kappa shape index (κ1) is 12.5. The molecule has 2 heterocycles. The lowest BCUT2D eigenvalue weighted by atomic mass is 10.3. The van der Waals surface area contributed by atoms with E-state index in [9.17, 15) is 4.79 Å². The summed E-state index contributed by atoms with van der Waals surface area (Å²) < 4.78 is 0. The van der Waals surface area contributed by atoms with Crippen LogP contribution in [0.3, 0.4) is 0 Å². The van der Waals surface area contributed by atoms with Crippen LogP contribution in [0.5, 0.6) is 0 Å². The Morgan fingerprint density at radius 2 is 2.28 bits per heavy atom. The zero-order valence-corrected chi connectivity index (χ0v) is 11.0. The third-order valence-corrected chi connectivity index (χ3v) is 3.41. The summed E-state index contributed by atoms with van der Waals surface area (Å²) in [5, 5.41) is 6.08. The van der Waals surface area contributed by atoms with Gasteiger partial charge < -0.3 is 5.32 Å². The minimum Gasteiger partial charge on any atom is -0.334 e. The summed E-state index contributed by atoms with van der Waals surface area (Å²) >= 11 is 1.47. The number of aromatic nitrogens is 2. The maximum absolute atomic E-state index is 11.6. The summed E-state index contributed by atoms with van der Waals surface area (Å²) in [7, 11) is 0. The average molecular weight is 262 g/mol. The number of aryl methyl sites for hydroxylation is 2. The van der Waals surface area contributed by atoms with Crippen molar-refractivity contribution < 1.29 is 4.79 Å². The molecule has 0 unspecified atom stereocenters. The van der Waals surface area contributed by atoms with E-state index in [1.807, 2.05) is 26.0 Å². The Labute approximate surface area is 109 Å². The molecule has 0 bridgehead atoms. The molecule has 2 aromatic heterocycles. The van der Waals surface area contributed by atoms with Crippen LogP contribution in [0.15, 0.2) is 24.5 Å². The lowest BCUT2D eigenvalue weighted by molar-refractivity contribution is 0.251. The number of nitrogens with one attached hydrogen (secondary N) is 2. The van der Waals surface area contributed by atoms with Crippen LogP contribution in [-0.4, -0.2) is 16.0 Å². The van der Waals surface area contributed by atoms with Gasteiger partial charge in [0.15, 0.2) is 5.13 Å². The summed E-state index contributed by atoms with van der Waals surface area (Å²) in [6.45, 7) is 4.35. The maximum Gasteiger partial charge on any atom is 0.321 e. The van der Waals surface area contributed by atoms with Crippen molar-refractivity contribution in [2.24, 2.45) is 0 Å². The van der Waals surface area contributed by atoms with Gasteiger partial charge in [-0.3, -0.25) is 10.3 Å². The monoisotopic (exact) mass is 262 g/mol. The van der Waals surface area contributed by atoms with E-state index >= 15 is 0 Å². The summed E-state index contributed by atoms with van der Waals surface area (Å²) in [5.41, 5.74) is 1.90. The Morgan fingerprint density at radius 3 is 2.89 bits per heavy atom. The topological polar surface area (TPSA) is 66.9 Å². The Balaban J connectivity index is 1.86. The highest BCUT2D eigenvalue weighted by molar-refractivity contribution is 7.15. The van der Waals surface area contributed by atoms with Gasteiger partial charge in [0.25, 0.3) is 0 Å². The zero-order chi connectivity index (χ0) is 13.0. The third-order valence-electron chi connectivity index (χ3n) is 2.42. The molecule has 0 radical (unpaired) electrons. The molecule has 0 aliphatic rings. The van der Waals surface area contributed by atoms with Crippen LogP contribution < -0.4 is 10.6 Å². The van der Waals surface area contributed by atoms with Crippen LogP contribution >= 0.6 is 11.3 Å². The summed E-state index contributed by atoms with van der Waals surface area (Å²) in [6.07, 6.45) is 3.42. The molecule has 2 amide bonds. The van der Waals surface area contributed by atoms with E-state index in [1.165, 1.54) is 11.3 Å². The fourth-order valence-electron chi connectivity index (χ4n) is 1.35. The zero-order valence-electron chi connectivity index (χ0n) is 10.2. The first-order valence-corrected chi connectivity index (χ1v) is 6.34. The van der Waals surface area contributed by atoms with Gasteiger partial charge in [0.05, 0.1) is 5.69 Å². The molecule has 0 atom stereocenters. The van der Waals surface area contributed by atoms with Gasteiger partial charge >= 0.3 is 6.03 Å². The lowest BCUT2D eigenvalue weighted by Crippen LogP contribution is -2.28. The fraction of sp³-hybridized carbons (Fsp3) is 0.250. The Kier molecular flexibility index (Phi) is 3.88. The molecule has 2 aromatic rings. The van der Waals surface area contributed by atoms with Gasteiger partial charge in [-0.15, -0.1) is 11.3 Å². The number of pyridine rings is 1. The highest BCUT2D eigenvalue weighted by Gasteiger charge is 2.07. The number of rotatable bonds is 3. The van der Waals surface area contributed by atoms with E-state index in [1.54, 1.807) is 12.4 Å². The SMILES string of the molecule is Cc1nc(NC(=O)NCc2cccnc2)sc1C. The van der Waals surface area contributed by atoms with Crippen LogP contribution in [-0.2, 0) is 6.54 Å². The van der Waals surface area contributed by atoms with E-state index in [0.29, 0.717) is 11.7 Å². The Bertz CT molecular complexity index is 519. The van der Waals surface area contributed by atoms with E-state index in [2.05, 4.69) is 20.6 Å². The number of hydrogen-bond donors (Lipinski definition) is 2. The van der Waals surface area contributed by atoms with Crippen molar-refractivity contribution in [3.05, 3.63) is 40.7 Å². The van der Waals surface area contributed by atoms with Crippen molar-refractivity contribution >= 4 is 22.5 Å². The molecular formula is C12H14N4OS. The van der Waals surface area contributed by atoms with Crippen molar-refractivity contribution in [1.29, 1.82) is 0 Å². The van der Waals surface area contributed by atoms with Crippen molar-refractivity contribution in [3.8, 4) is 0 Å². The number of carbonyl (C=O) groups excluding carboxylic acids is 1. The summed E-state index contributed by atoms with van der Waals surface area (Å²) in [4.78, 5) is 21.0. The first-order valence-electron chi connectivity index (χ1n) is 5.53. The van der Waals surface area contributed by atoms with Crippen molar-refractivity contribution in [3.63, 3.8) is 0 Å². The third kappa shape index (κ3) is 3.27. The molecule has 0 saturated carbocycles. The van der Waals surface area contributed by atoms with Gasteiger partial charge in [-0.25, -0.2) is 9.78 Å². The van der Waals surface area contributed by atoms with E-state index in [4.69, 9.17) is 0 Å². The molecule has 6 heteroatoms. The number of thiazole rings is 1. The van der Waals surface area contributed by atoms with Crippen molar-refractivity contribution in [2.45, 2.75) is 20.4 Å². The minimum absolute atomic E-state index is 0.257. The van der Waals surface area contributed by atoms with Crippen molar-refractivity contribution in [2.75, 3.05) is 5.32 Å². The molecular weight excluding hydrogens is 248 g/mol. The summed E-state index contributed by atoms with van der Waals surface area (Å²) in [6, 6.07) is 3.49. The van der Waals surface area contributed by atoms with E-state index < -0.39 is 0 Å². The van der Waals surface area contributed by atoms with Crippen LogP contribution in [0.4, 0.5) is 9.93 Å². The molecule has 5 nitrogen and oxygen atoms in total.